The van der Waals surface area contributed by atoms with Crippen molar-refractivity contribution in [3.63, 3.8) is 0 Å². The quantitative estimate of drug-likeness (QED) is 0.781. The summed E-state index contributed by atoms with van der Waals surface area (Å²) < 4.78 is 6.71. The minimum absolute atomic E-state index is 0.192. The number of amides is 1. The van der Waals surface area contributed by atoms with Gasteiger partial charge in [0.2, 0.25) is 5.43 Å². The molecule has 1 amide bonds. The maximum absolute atomic E-state index is 12.7. The molecule has 0 radical (unpaired) electrons. The number of nitrogens with one attached hydrogen (secondary N) is 1. The van der Waals surface area contributed by atoms with E-state index in [0.717, 1.165) is 5.56 Å². The summed E-state index contributed by atoms with van der Waals surface area (Å²) in [4.78, 5) is 25.3. The van der Waals surface area contributed by atoms with E-state index in [4.69, 9.17) is 16.3 Å². The Labute approximate surface area is 149 Å². The van der Waals surface area contributed by atoms with Gasteiger partial charge in [-0.25, -0.2) is 0 Å². The number of hydrogen-bond acceptors (Lipinski definition) is 4. The first-order chi connectivity index (χ1) is 11.9. The number of nitrogens with zero attached hydrogens (tertiary/aromatic N) is 2. The van der Waals surface area contributed by atoms with Crippen molar-refractivity contribution in [2.24, 2.45) is 7.05 Å². The second-order valence-electron chi connectivity index (χ2n) is 5.62. The number of methoxy groups -OCH3 is 1. The Morgan fingerprint density at radius 2 is 2.00 bits per heavy atom. The molecule has 0 saturated heterocycles. The normalized spacial score (nSPS) is 10.7. The number of anilines is 1. The van der Waals surface area contributed by atoms with Gasteiger partial charge in [0.05, 0.1) is 23.7 Å². The summed E-state index contributed by atoms with van der Waals surface area (Å²) in [6, 6.07) is 10.3. The number of aromatic nitrogens is 2. The molecule has 3 aromatic rings. The molecular formula is C18H16ClN3O3. The lowest BCUT2D eigenvalue weighted by atomic mass is 10.1. The fourth-order valence-corrected chi connectivity index (χ4v) is 2.77. The number of aryl methyl sites for hydroxylation is 2. The van der Waals surface area contributed by atoms with Crippen LogP contribution in [-0.2, 0) is 7.05 Å². The van der Waals surface area contributed by atoms with Crippen molar-refractivity contribution in [2.45, 2.75) is 6.92 Å². The molecular weight excluding hydrogens is 342 g/mol. The molecule has 25 heavy (non-hydrogen) atoms. The molecule has 0 saturated carbocycles. The van der Waals surface area contributed by atoms with Gasteiger partial charge in [-0.1, -0.05) is 23.2 Å². The molecule has 0 unspecified atom stereocenters. The van der Waals surface area contributed by atoms with Gasteiger partial charge in [0, 0.05) is 12.1 Å². The monoisotopic (exact) mass is 357 g/mol. The van der Waals surface area contributed by atoms with Crippen molar-refractivity contribution in [1.29, 1.82) is 0 Å². The van der Waals surface area contributed by atoms with Crippen LogP contribution in [-0.4, -0.2) is 22.8 Å². The Hall–Kier alpha value is -2.86. The van der Waals surface area contributed by atoms with E-state index in [9.17, 15) is 9.59 Å². The van der Waals surface area contributed by atoms with Crippen LogP contribution in [0.25, 0.3) is 10.9 Å². The largest absolute Gasteiger partial charge is 0.495 e. The highest BCUT2D eigenvalue weighted by Gasteiger charge is 2.18. The van der Waals surface area contributed by atoms with Gasteiger partial charge in [0.1, 0.15) is 5.75 Å². The molecule has 0 bridgehead atoms. The maximum atomic E-state index is 12.7. The number of hydrogen-bond donors (Lipinski definition) is 1. The lowest BCUT2D eigenvalue weighted by molar-refractivity contribution is 0.101. The lowest BCUT2D eigenvalue weighted by Crippen LogP contribution is -2.26. The van der Waals surface area contributed by atoms with Gasteiger partial charge in [0.25, 0.3) is 5.91 Å². The Kier molecular flexibility index (Phi) is 4.46. The van der Waals surface area contributed by atoms with Gasteiger partial charge in [-0.15, -0.1) is 0 Å². The summed E-state index contributed by atoms with van der Waals surface area (Å²) in [6.07, 6.45) is 0. The first-order valence-corrected chi connectivity index (χ1v) is 7.91. The minimum Gasteiger partial charge on any atom is -0.495 e. The van der Waals surface area contributed by atoms with Gasteiger partial charge in [-0.2, -0.15) is 5.10 Å². The molecule has 0 fully saturated rings. The predicted octanol–water partition coefficient (Wildman–Crippen LogP) is 3.16. The molecule has 0 atom stereocenters. The second-order valence-corrected chi connectivity index (χ2v) is 6.06. The third kappa shape index (κ3) is 3.21. The molecule has 2 aromatic carbocycles. The average Bonchev–Trinajstić information content (AvgIpc) is 2.58. The summed E-state index contributed by atoms with van der Waals surface area (Å²) >= 11 is 5.97. The van der Waals surface area contributed by atoms with E-state index in [1.165, 1.54) is 11.8 Å². The van der Waals surface area contributed by atoms with Crippen LogP contribution in [0.2, 0.25) is 5.02 Å². The Morgan fingerprint density at radius 1 is 1.24 bits per heavy atom. The van der Waals surface area contributed by atoms with E-state index in [2.05, 4.69) is 10.4 Å². The summed E-state index contributed by atoms with van der Waals surface area (Å²) in [5.41, 5.74) is 1.34. The van der Waals surface area contributed by atoms with Crippen molar-refractivity contribution < 1.29 is 9.53 Å². The molecule has 1 heterocycles. The van der Waals surface area contributed by atoms with Crippen LogP contribution in [0.1, 0.15) is 16.1 Å². The molecule has 6 nitrogen and oxygen atoms in total. The topological polar surface area (TPSA) is 73.2 Å². The number of carbonyl (C=O) groups is 1. The minimum atomic E-state index is -0.621. The molecule has 1 N–H and O–H groups in total. The van der Waals surface area contributed by atoms with E-state index in [1.807, 2.05) is 13.0 Å². The zero-order chi connectivity index (χ0) is 18.1. The second kappa shape index (κ2) is 6.57. The number of rotatable bonds is 3. The van der Waals surface area contributed by atoms with Crippen molar-refractivity contribution in [3.05, 3.63) is 62.9 Å². The standard InChI is InChI=1S/C18H16ClN3O3/c1-10-4-6-14-12(8-10)17(23)16(21-22(14)2)18(24)20-13-9-11(19)5-7-15(13)25-3/h4-9H,1-3H3,(H,20,24). The van der Waals surface area contributed by atoms with Gasteiger partial charge < -0.3 is 10.1 Å². The van der Waals surface area contributed by atoms with E-state index in [-0.39, 0.29) is 5.69 Å². The lowest BCUT2D eigenvalue weighted by Gasteiger charge is -2.11. The highest BCUT2D eigenvalue weighted by atomic mass is 35.5. The average molecular weight is 358 g/mol. The third-order valence-corrected chi connectivity index (χ3v) is 4.07. The van der Waals surface area contributed by atoms with Gasteiger partial charge >= 0.3 is 0 Å². The fourth-order valence-electron chi connectivity index (χ4n) is 2.60. The molecule has 0 aliphatic carbocycles. The van der Waals surface area contributed by atoms with Crippen LogP contribution in [0.5, 0.6) is 5.75 Å². The van der Waals surface area contributed by atoms with E-state index in [1.54, 1.807) is 37.4 Å². The molecule has 0 aliphatic rings. The van der Waals surface area contributed by atoms with Gasteiger partial charge in [-0.3, -0.25) is 14.3 Å². The molecule has 0 spiro atoms. The molecule has 0 aliphatic heterocycles. The summed E-state index contributed by atoms with van der Waals surface area (Å²) in [5, 5.41) is 7.65. The summed E-state index contributed by atoms with van der Waals surface area (Å²) in [5.74, 6) is -0.184. The first kappa shape index (κ1) is 17.0. The molecule has 1 aromatic heterocycles. The highest BCUT2D eigenvalue weighted by Crippen LogP contribution is 2.27. The van der Waals surface area contributed by atoms with Gasteiger partial charge in [0.15, 0.2) is 5.69 Å². The van der Waals surface area contributed by atoms with E-state index < -0.39 is 11.3 Å². The van der Waals surface area contributed by atoms with Crippen LogP contribution in [0.3, 0.4) is 0 Å². The molecule has 7 heteroatoms. The molecule has 3 rings (SSSR count). The van der Waals surface area contributed by atoms with E-state index >= 15 is 0 Å². The Morgan fingerprint density at radius 3 is 2.72 bits per heavy atom. The maximum Gasteiger partial charge on any atom is 0.280 e. The van der Waals surface area contributed by atoms with Crippen LogP contribution >= 0.6 is 11.6 Å². The van der Waals surface area contributed by atoms with Crippen molar-refractivity contribution in [3.8, 4) is 5.75 Å². The zero-order valence-electron chi connectivity index (χ0n) is 14.0. The van der Waals surface area contributed by atoms with Crippen LogP contribution in [0.15, 0.2) is 41.2 Å². The van der Waals surface area contributed by atoms with Crippen LogP contribution in [0, 0.1) is 6.92 Å². The summed E-state index contributed by atoms with van der Waals surface area (Å²) in [6.45, 7) is 1.88. The number of benzene rings is 2. The molecule has 128 valence electrons. The van der Waals surface area contributed by atoms with Crippen molar-refractivity contribution in [1.82, 2.24) is 9.78 Å². The predicted molar refractivity (Wildman–Crippen MR) is 97.7 cm³/mol. The highest BCUT2D eigenvalue weighted by molar-refractivity contribution is 6.31. The number of ether oxygens (including phenoxy) is 1. The van der Waals surface area contributed by atoms with E-state index in [0.29, 0.717) is 27.4 Å². The Bertz CT molecular complexity index is 1040. The first-order valence-electron chi connectivity index (χ1n) is 7.53. The Balaban J connectivity index is 2.08. The van der Waals surface area contributed by atoms with Crippen molar-refractivity contribution in [2.75, 3.05) is 12.4 Å². The number of fused-ring (bicyclic) bond motifs is 1. The SMILES string of the molecule is COc1ccc(Cl)cc1NC(=O)c1nn(C)c2ccc(C)cc2c1=O. The fraction of sp³-hybridized carbons (Fsp3) is 0.167. The summed E-state index contributed by atoms with van der Waals surface area (Å²) in [7, 11) is 3.17. The van der Waals surface area contributed by atoms with Crippen LogP contribution in [0.4, 0.5) is 5.69 Å². The van der Waals surface area contributed by atoms with Gasteiger partial charge in [-0.05, 0) is 37.3 Å². The smallest absolute Gasteiger partial charge is 0.280 e. The van der Waals surface area contributed by atoms with Crippen LogP contribution < -0.4 is 15.5 Å². The number of halogens is 1. The third-order valence-electron chi connectivity index (χ3n) is 3.84. The zero-order valence-corrected chi connectivity index (χ0v) is 14.7. The number of carbonyl (C=O) groups excluding carboxylic acids is 1. The van der Waals surface area contributed by atoms with Crippen molar-refractivity contribution >= 4 is 34.1 Å².